The summed E-state index contributed by atoms with van der Waals surface area (Å²) in [6, 6.07) is 0. The van der Waals surface area contributed by atoms with Crippen LogP contribution in [0.15, 0.2) is 0 Å². The van der Waals surface area contributed by atoms with Gasteiger partial charge in [0.2, 0.25) is 5.91 Å². The fourth-order valence-corrected chi connectivity index (χ4v) is 1.55. The van der Waals surface area contributed by atoms with E-state index in [0.717, 1.165) is 19.4 Å². The van der Waals surface area contributed by atoms with Crippen LogP contribution in [0.5, 0.6) is 0 Å². The molecule has 0 radical (unpaired) electrons. The van der Waals surface area contributed by atoms with Crippen molar-refractivity contribution in [1.29, 1.82) is 0 Å². The molecule has 1 saturated heterocycles. The normalized spacial score (nSPS) is 18.3. The van der Waals surface area contributed by atoms with Crippen LogP contribution >= 0.6 is 0 Å². The maximum Gasteiger partial charge on any atom is 0.230 e. The van der Waals surface area contributed by atoms with Crippen LogP contribution in [0.3, 0.4) is 0 Å². The Kier molecular flexibility index (Phi) is 5.05. The van der Waals surface area contributed by atoms with Crippen LogP contribution in [0.4, 0.5) is 0 Å². The maximum absolute atomic E-state index is 11.8. The highest BCUT2D eigenvalue weighted by molar-refractivity contribution is 5.83. The minimum atomic E-state index is -0.244. The fourth-order valence-electron chi connectivity index (χ4n) is 1.55. The minimum Gasteiger partial charge on any atom is -0.382 e. The third kappa shape index (κ3) is 3.18. The summed E-state index contributed by atoms with van der Waals surface area (Å²) in [6.07, 6.45) is 1.73. The van der Waals surface area contributed by atoms with E-state index in [-0.39, 0.29) is 11.3 Å². The second kappa shape index (κ2) is 6.08. The first-order valence-electron chi connectivity index (χ1n) is 5.69. The first-order chi connectivity index (χ1) is 7.25. The molecule has 0 atom stereocenters. The first kappa shape index (κ1) is 12.5. The molecule has 88 valence electrons. The predicted octanol–water partition coefficient (Wildman–Crippen LogP) is 0.956. The molecule has 1 aliphatic rings. The zero-order valence-corrected chi connectivity index (χ0v) is 9.67. The number of carbonyl (C=O) groups is 1. The zero-order valence-electron chi connectivity index (χ0n) is 9.67. The largest absolute Gasteiger partial charge is 0.382 e. The van der Waals surface area contributed by atoms with Crippen molar-refractivity contribution in [3.8, 4) is 0 Å². The molecule has 0 aromatic carbocycles. The van der Waals surface area contributed by atoms with Crippen LogP contribution in [0.2, 0.25) is 0 Å². The van der Waals surface area contributed by atoms with E-state index >= 15 is 0 Å². The lowest BCUT2D eigenvalue weighted by molar-refractivity contribution is -0.162. The van der Waals surface area contributed by atoms with Crippen LogP contribution in [-0.2, 0) is 14.3 Å². The second-order valence-corrected chi connectivity index (χ2v) is 3.93. The Morgan fingerprint density at radius 1 is 1.47 bits per heavy atom. The summed E-state index contributed by atoms with van der Waals surface area (Å²) in [5, 5.41) is 2.94. The monoisotopic (exact) mass is 215 g/mol. The van der Waals surface area contributed by atoms with Crippen LogP contribution in [0.25, 0.3) is 0 Å². The molecule has 4 nitrogen and oxygen atoms in total. The Bertz CT molecular complexity index is 196. The molecule has 0 aromatic heterocycles. The molecule has 4 heteroatoms. The van der Waals surface area contributed by atoms with Crippen molar-refractivity contribution in [3.05, 3.63) is 0 Å². The summed E-state index contributed by atoms with van der Waals surface area (Å²) in [7, 11) is 0. The average molecular weight is 215 g/mol. The SMILES string of the molecule is CCOCCCNC(=O)C1(CC)COC1. The first-order valence-corrected chi connectivity index (χ1v) is 5.69. The van der Waals surface area contributed by atoms with Gasteiger partial charge in [0.05, 0.1) is 18.6 Å². The number of hydrogen-bond donors (Lipinski definition) is 1. The van der Waals surface area contributed by atoms with E-state index in [9.17, 15) is 4.79 Å². The third-order valence-electron chi connectivity index (χ3n) is 2.87. The minimum absolute atomic E-state index is 0.132. The number of nitrogens with one attached hydrogen (secondary N) is 1. The summed E-state index contributed by atoms with van der Waals surface area (Å²) in [4.78, 5) is 11.8. The molecule has 1 fully saturated rings. The van der Waals surface area contributed by atoms with Crippen LogP contribution in [0.1, 0.15) is 26.7 Å². The van der Waals surface area contributed by atoms with Gasteiger partial charge in [0.1, 0.15) is 0 Å². The van der Waals surface area contributed by atoms with E-state index in [4.69, 9.17) is 9.47 Å². The number of hydrogen-bond acceptors (Lipinski definition) is 3. The summed E-state index contributed by atoms with van der Waals surface area (Å²) >= 11 is 0. The summed E-state index contributed by atoms with van der Waals surface area (Å²) in [5.41, 5.74) is -0.244. The third-order valence-corrected chi connectivity index (χ3v) is 2.87. The van der Waals surface area contributed by atoms with E-state index in [0.29, 0.717) is 26.4 Å². The predicted molar refractivity (Wildman–Crippen MR) is 57.7 cm³/mol. The van der Waals surface area contributed by atoms with Crippen LogP contribution in [0, 0.1) is 5.41 Å². The van der Waals surface area contributed by atoms with Crippen molar-refractivity contribution in [2.24, 2.45) is 5.41 Å². The summed E-state index contributed by atoms with van der Waals surface area (Å²) in [5.74, 6) is 0.132. The molecule has 0 saturated carbocycles. The number of amides is 1. The van der Waals surface area contributed by atoms with Crippen molar-refractivity contribution in [1.82, 2.24) is 5.32 Å². The molecule has 0 bridgehead atoms. The fraction of sp³-hybridized carbons (Fsp3) is 0.909. The van der Waals surface area contributed by atoms with Gasteiger partial charge in [-0.2, -0.15) is 0 Å². The molecule has 1 amide bonds. The highest BCUT2D eigenvalue weighted by Crippen LogP contribution is 2.31. The standard InChI is InChI=1S/C11H21NO3/c1-3-11(8-15-9-11)10(13)12-6-5-7-14-4-2/h3-9H2,1-2H3,(H,12,13). The van der Waals surface area contributed by atoms with Gasteiger partial charge >= 0.3 is 0 Å². The van der Waals surface area contributed by atoms with Crippen molar-refractivity contribution >= 4 is 5.91 Å². The molecule has 1 aliphatic heterocycles. The topological polar surface area (TPSA) is 47.6 Å². The average Bonchev–Trinajstić information content (AvgIpc) is 2.17. The van der Waals surface area contributed by atoms with Gasteiger partial charge in [-0.15, -0.1) is 0 Å². The van der Waals surface area contributed by atoms with Gasteiger partial charge in [0.15, 0.2) is 0 Å². The summed E-state index contributed by atoms with van der Waals surface area (Å²) in [6.45, 7) is 7.29. The van der Waals surface area contributed by atoms with E-state index in [1.165, 1.54) is 0 Å². The lowest BCUT2D eigenvalue weighted by Crippen LogP contribution is -2.53. The van der Waals surface area contributed by atoms with Crippen LogP contribution in [-0.4, -0.2) is 38.9 Å². The van der Waals surface area contributed by atoms with Crippen molar-refractivity contribution in [2.75, 3.05) is 33.0 Å². The maximum atomic E-state index is 11.8. The number of ether oxygens (including phenoxy) is 2. The van der Waals surface area contributed by atoms with Gasteiger partial charge in [-0.3, -0.25) is 4.79 Å². The summed E-state index contributed by atoms with van der Waals surface area (Å²) < 4.78 is 10.3. The molecule has 1 rings (SSSR count). The van der Waals surface area contributed by atoms with Crippen LogP contribution < -0.4 is 5.32 Å². The van der Waals surface area contributed by atoms with Gasteiger partial charge in [-0.25, -0.2) is 0 Å². The number of rotatable bonds is 7. The Balaban J connectivity index is 2.12. The Morgan fingerprint density at radius 2 is 2.20 bits per heavy atom. The van der Waals surface area contributed by atoms with Crippen molar-refractivity contribution in [3.63, 3.8) is 0 Å². The Labute approximate surface area is 91.3 Å². The van der Waals surface area contributed by atoms with E-state index in [1.54, 1.807) is 0 Å². The van der Waals surface area contributed by atoms with Gasteiger partial charge < -0.3 is 14.8 Å². The van der Waals surface area contributed by atoms with E-state index in [2.05, 4.69) is 5.32 Å². The van der Waals surface area contributed by atoms with Gasteiger partial charge in [0, 0.05) is 19.8 Å². The highest BCUT2D eigenvalue weighted by atomic mass is 16.5. The zero-order chi connectivity index (χ0) is 11.1. The Morgan fingerprint density at radius 3 is 2.67 bits per heavy atom. The molecule has 0 aromatic rings. The van der Waals surface area contributed by atoms with Gasteiger partial charge in [0.25, 0.3) is 0 Å². The van der Waals surface area contributed by atoms with Gasteiger partial charge in [-0.05, 0) is 19.8 Å². The Hall–Kier alpha value is -0.610. The molecule has 0 aliphatic carbocycles. The molecular formula is C11H21NO3. The molecule has 0 spiro atoms. The highest BCUT2D eigenvalue weighted by Gasteiger charge is 2.43. The van der Waals surface area contributed by atoms with Gasteiger partial charge in [-0.1, -0.05) is 6.92 Å². The molecule has 1 N–H and O–H groups in total. The van der Waals surface area contributed by atoms with Crippen molar-refractivity contribution in [2.45, 2.75) is 26.7 Å². The molecular weight excluding hydrogens is 194 g/mol. The quantitative estimate of drug-likeness (QED) is 0.643. The second-order valence-electron chi connectivity index (χ2n) is 3.93. The molecule has 15 heavy (non-hydrogen) atoms. The lowest BCUT2D eigenvalue weighted by Gasteiger charge is -2.39. The smallest absolute Gasteiger partial charge is 0.230 e. The molecule has 0 unspecified atom stereocenters. The lowest BCUT2D eigenvalue weighted by atomic mass is 9.82. The van der Waals surface area contributed by atoms with E-state index in [1.807, 2.05) is 13.8 Å². The number of carbonyl (C=O) groups excluding carboxylic acids is 1. The molecule has 1 heterocycles. The van der Waals surface area contributed by atoms with E-state index < -0.39 is 0 Å². The van der Waals surface area contributed by atoms with Crippen molar-refractivity contribution < 1.29 is 14.3 Å².